The maximum absolute atomic E-state index is 16.2. The van der Waals surface area contributed by atoms with E-state index in [-0.39, 0.29) is 63.9 Å². The van der Waals surface area contributed by atoms with Crippen LogP contribution in [-0.4, -0.2) is 52.8 Å². The monoisotopic (exact) mass is 519 g/mol. The smallest absolute Gasteiger partial charge is 0.347 e. The van der Waals surface area contributed by atoms with Gasteiger partial charge in [-0.2, -0.15) is 4.98 Å². The van der Waals surface area contributed by atoms with Crippen molar-refractivity contribution in [2.24, 2.45) is 5.92 Å². The Hall–Kier alpha value is -4.43. The van der Waals surface area contributed by atoms with Crippen molar-refractivity contribution in [3.8, 4) is 23.6 Å². The zero-order chi connectivity index (χ0) is 26.7. The number of carbonyl (C=O) groups excluding carboxylic acids is 1. The first kappa shape index (κ1) is 23.9. The molecule has 6 rings (SSSR count). The van der Waals surface area contributed by atoms with Gasteiger partial charge in [-0.25, -0.2) is 18.0 Å². The molecule has 8 nitrogen and oxygen atoms in total. The van der Waals surface area contributed by atoms with Gasteiger partial charge in [0.1, 0.15) is 23.5 Å². The largest absolute Gasteiger partial charge is 0.379 e. The Bertz CT molecular complexity index is 1750. The molecule has 2 N–H and O–H groups in total. The molecule has 0 bridgehead atoms. The number of aromatic amines is 1. The SMILES string of the molecule is C#Cc1c(F)ccc2cc(NC(C)=O)cc(-c3ncc4c(N5CCOC[C@H]6[C@H](F)[C@H]65)nc(=O)[nH]c4c3F)c12. The van der Waals surface area contributed by atoms with Crippen molar-refractivity contribution in [1.29, 1.82) is 0 Å². The van der Waals surface area contributed by atoms with E-state index in [0.717, 1.165) is 0 Å². The van der Waals surface area contributed by atoms with E-state index >= 15 is 4.39 Å². The first-order valence-electron chi connectivity index (χ1n) is 11.9. The number of pyridine rings is 1. The lowest BCUT2D eigenvalue weighted by molar-refractivity contribution is -0.114. The molecule has 2 fully saturated rings. The summed E-state index contributed by atoms with van der Waals surface area (Å²) in [5.41, 5.74) is -0.912. The highest BCUT2D eigenvalue weighted by Crippen LogP contribution is 2.44. The molecular formula is C27H20F3N5O3. The molecule has 1 aliphatic heterocycles. The third-order valence-corrected chi connectivity index (χ3v) is 6.94. The Morgan fingerprint density at radius 3 is 2.89 bits per heavy atom. The molecule has 11 heteroatoms. The molecular weight excluding hydrogens is 499 g/mol. The van der Waals surface area contributed by atoms with Gasteiger partial charge >= 0.3 is 5.69 Å². The van der Waals surface area contributed by atoms with Gasteiger partial charge in [-0.1, -0.05) is 12.0 Å². The fraction of sp³-hybridized carbons (Fsp3) is 0.259. The van der Waals surface area contributed by atoms with Gasteiger partial charge in [0.15, 0.2) is 5.82 Å². The number of nitrogens with zero attached hydrogens (tertiary/aromatic N) is 3. The van der Waals surface area contributed by atoms with Crippen LogP contribution in [0.4, 0.5) is 24.7 Å². The zero-order valence-corrected chi connectivity index (χ0v) is 20.0. The quantitative estimate of drug-likeness (QED) is 0.402. The summed E-state index contributed by atoms with van der Waals surface area (Å²) in [6, 6.07) is 5.15. The molecule has 0 spiro atoms. The van der Waals surface area contributed by atoms with Crippen molar-refractivity contribution in [1.82, 2.24) is 15.0 Å². The number of ether oxygens (including phenoxy) is 1. The van der Waals surface area contributed by atoms with Gasteiger partial charge in [0.2, 0.25) is 5.91 Å². The third kappa shape index (κ3) is 3.76. The normalized spacial score (nSPS) is 20.6. The highest BCUT2D eigenvalue weighted by atomic mass is 19.1. The lowest BCUT2D eigenvalue weighted by Gasteiger charge is -2.23. The molecule has 1 amide bonds. The number of hydrogen-bond acceptors (Lipinski definition) is 6. The summed E-state index contributed by atoms with van der Waals surface area (Å²) in [4.78, 5) is 36.7. The van der Waals surface area contributed by atoms with Crippen LogP contribution in [0.15, 0.2) is 35.3 Å². The fourth-order valence-electron chi connectivity index (χ4n) is 5.21. The molecule has 0 unspecified atom stereocenters. The number of halogens is 3. The summed E-state index contributed by atoms with van der Waals surface area (Å²) in [5.74, 6) is 0.101. The Labute approximate surface area is 213 Å². The predicted octanol–water partition coefficient (Wildman–Crippen LogP) is 3.53. The number of H-pyrrole nitrogens is 1. The van der Waals surface area contributed by atoms with E-state index in [2.05, 4.69) is 26.2 Å². The Morgan fingerprint density at radius 1 is 1.32 bits per heavy atom. The van der Waals surface area contributed by atoms with Crippen LogP contribution in [-0.2, 0) is 9.53 Å². The van der Waals surface area contributed by atoms with Crippen molar-refractivity contribution in [3.05, 3.63) is 58.1 Å². The molecule has 1 saturated heterocycles. The number of carbonyl (C=O) groups is 1. The summed E-state index contributed by atoms with van der Waals surface area (Å²) in [6.45, 7) is 2.14. The van der Waals surface area contributed by atoms with Gasteiger partial charge < -0.3 is 19.9 Å². The lowest BCUT2D eigenvalue weighted by atomic mass is 9.95. The highest BCUT2D eigenvalue weighted by Gasteiger charge is 2.56. The van der Waals surface area contributed by atoms with Crippen LogP contribution in [0.2, 0.25) is 0 Å². The molecule has 38 heavy (non-hydrogen) atoms. The van der Waals surface area contributed by atoms with Gasteiger partial charge in [0.25, 0.3) is 0 Å². The minimum absolute atomic E-state index is 0.101. The van der Waals surface area contributed by atoms with Gasteiger partial charge in [0, 0.05) is 42.2 Å². The second kappa shape index (κ2) is 8.85. The number of aromatic nitrogens is 3. The number of amides is 1. The first-order valence-corrected chi connectivity index (χ1v) is 11.9. The fourth-order valence-corrected chi connectivity index (χ4v) is 5.21. The second-order valence-electron chi connectivity index (χ2n) is 9.31. The summed E-state index contributed by atoms with van der Waals surface area (Å²) in [5, 5.41) is 3.48. The average Bonchev–Trinajstić information content (AvgIpc) is 3.57. The van der Waals surface area contributed by atoms with E-state index in [1.54, 1.807) is 11.0 Å². The third-order valence-electron chi connectivity index (χ3n) is 6.94. The van der Waals surface area contributed by atoms with Crippen molar-refractivity contribution in [3.63, 3.8) is 0 Å². The number of alkyl halides is 1. The van der Waals surface area contributed by atoms with Crippen LogP contribution in [0.5, 0.6) is 0 Å². The van der Waals surface area contributed by atoms with Gasteiger partial charge in [-0.3, -0.25) is 9.78 Å². The highest BCUT2D eigenvalue weighted by molar-refractivity contribution is 6.05. The lowest BCUT2D eigenvalue weighted by Crippen LogP contribution is -2.33. The number of hydrogen-bond donors (Lipinski definition) is 2. The minimum Gasteiger partial charge on any atom is -0.379 e. The standard InChI is InChI=1S/C27H20F3N5O3/c1-3-15-19(28)5-4-13-8-14(32-12(2)36)9-16(20(13)15)23-22(30)24-17(10-31-23)26(34-27(37)33-24)35-6-7-38-11-18-21(29)25(18)35/h1,4-5,8-10,18,21,25H,6-7,11H2,2H3,(H,32,36)(H,33,34,37)/t18-,21-,25-/m0/s1. The van der Waals surface area contributed by atoms with Crippen molar-refractivity contribution < 1.29 is 22.7 Å². The van der Waals surface area contributed by atoms with E-state index in [9.17, 15) is 18.4 Å². The molecule has 3 atom stereocenters. The molecule has 2 aromatic carbocycles. The number of terminal acetylenes is 1. The molecule has 3 heterocycles. The van der Waals surface area contributed by atoms with Crippen LogP contribution >= 0.6 is 0 Å². The van der Waals surface area contributed by atoms with E-state index in [4.69, 9.17) is 11.2 Å². The zero-order valence-electron chi connectivity index (χ0n) is 20.0. The maximum atomic E-state index is 16.2. The van der Waals surface area contributed by atoms with E-state index in [0.29, 0.717) is 17.7 Å². The molecule has 1 aliphatic carbocycles. The Morgan fingerprint density at radius 2 is 2.13 bits per heavy atom. The van der Waals surface area contributed by atoms with Crippen LogP contribution in [0.25, 0.3) is 32.9 Å². The van der Waals surface area contributed by atoms with Gasteiger partial charge in [0.05, 0.1) is 35.7 Å². The van der Waals surface area contributed by atoms with Crippen LogP contribution < -0.4 is 15.9 Å². The topological polar surface area (TPSA) is 100 Å². The minimum atomic E-state index is -1.15. The molecule has 2 aliphatic rings. The summed E-state index contributed by atoms with van der Waals surface area (Å²) in [6.07, 6.45) is 5.78. The predicted molar refractivity (Wildman–Crippen MR) is 136 cm³/mol. The van der Waals surface area contributed by atoms with Crippen LogP contribution in [0, 0.1) is 29.9 Å². The molecule has 4 aromatic rings. The van der Waals surface area contributed by atoms with Gasteiger partial charge in [-0.15, -0.1) is 6.42 Å². The summed E-state index contributed by atoms with van der Waals surface area (Å²) >= 11 is 0. The Balaban J connectivity index is 1.60. The molecule has 1 saturated carbocycles. The molecule has 2 aromatic heterocycles. The number of rotatable bonds is 3. The Kier molecular flexibility index (Phi) is 5.57. The number of benzene rings is 2. The van der Waals surface area contributed by atoms with Crippen molar-refractivity contribution in [2.45, 2.75) is 19.1 Å². The summed E-state index contributed by atoms with van der Waals surface area (Å²) < 4.78 is 50.8. The number of nitrogens with one attached hydrogen (secondary N) is 2. The first-order chi connectivity index (χ1) is 18.3. The number of fused-ring (bicyclic) bond motifs is 3. The average molecular weight is 519 g/mol. The maximum Gasteiger partial charge on any atom is 0.347 e. The van der Waals surface area contributed by atoms with Crippen molar-refractivity contribution >= 4 is 39.1 Å². The molecule has 0 radical (unpaired) electrons. The van der Waals surface area contributed by atoms with E-state index < -0.39 is 29.5 Å². The summed E-state index contributed by atoms with van der Waals surface area (Å²) in [7, 11) is 0. The van der Waals surface area contributed by atoms with Crippen LogP contribution in [0.1, 0.15) is 12.5 Å². The molecule has 192 valence electrons. The van der Waals surface area contributed by atoms with Crippen LogP contribution in [0.3, 0.4) is 0 Å². The van der Waals surface area contributed by atoms with E-state index in [1.165, 1.54) is 31.3 Å². The number of anilines is 2. The van der Waals surface area contributed by atoms with E-state index in [1.807, 2.05) is 0 Å². The van der Waals surface area contributed by atoms with Crippen molar-refractivity contribution in [2.75, 3.05) is 30.0 Å². The second-order valence-corrected chi connectivity index (χ2v) is 9.31. The van der Waals surface area contributed by atoms with Gasteiger partial charge in [-0.05, 0) is 23.6 Å².